The number of carbonyl (C=O) groups excluding carboxylic acids is 2. The van der Waals surface area contributed by atoms with Crippen LogP contribution in [0.25, 0.3) is 0 Å². The summed E-state index contributed by atoms with van der Waals surface area (Å²) < 4.78 is 13.6. The topological polar surface area (TPSA) is 49.4 Å². The van der Waals surface area contributed by atoms with Gasteiger partial charge in [0.15, 0.2) is 0 Å². The second-order valence-electron chi connectivity index (χ2n) is 5.33. The van der Waals surface area contributed by atoms with Crippen molar-refractivity contribution < 1.29 is 14.0 Å². The molecule has 1 atom stereocenters. The molecule has 1 unspecified atom stereocenters. The van der Waals surface area contributed by atoms with Crippen molar-refractivity contribution in [2.75, 3.05) is 16.8 Å². The van der Waals surface area contributed by atoms with Crippen LogP contribution in [0.2, 0.25) is 5.02 Å². The molecule has 0 aliphatic carbocycles. The van der Waals surface area contributed by atoms with E-state index in [2.05, 4.69) is 5.32 Å². The van der Waals surface area contributed by atoms with E-state index < -0.39 is 11.7 Å². The molecule has 6 heteroatoms. The molecule has 2 aromatic carbocycles. The molecule has 23 heavy (non-hydrogen) atoms. The van der Waals surface area contributed by atoms with Crippen LogP contribution < -0.4 is 10.2 Å². The number of benzene rings is 2. The smallest absolute Gasteiger partial charge is 0.229 e. The van der Waals surface area contributed by atoms with E-state index in [1.165, 1.54) is 17.0 Å². The molecule has 1 heterocycles. The molecule has 0 spiro atoms. The molecule has 1 N–H and O–H groups in total. The summed E-state index contributed by atoms with van der Waals surface area (Å²) >= 11 is 6.10. The maximum absolute atomic E-state index is 13.6. The summed E-state index contributed by atoms with van der Waals surface area (Å²) in [6.45, 7) is 0.225. The number of hydrogen-bond donors (Lipinski definition) is 1. The van der Waals surface area contributed by atoms with Crippen molar-refractivity contribution in [1.29, 1.82) is 0 Å². The number of carbonyl (C=O) groups is 2. The number of amides is 2. The molecular formula is C17H14ClFN2O2. The Kier molecular flexibility index (Phi) is 4.30. The molecule has 3 rings (SSSR count). The summed E-state index contributed by atoms with van der Waals surface area (Å²) in [5, 5.41) is 2.99. The van der Waals surface area contributed by atoms with Gasteiger partial charge in [0.05, 0.1) is 22.3 Å². The van der Waals surface area contributed by atoms with E-state index in [-0.39, 0.29) is 30.5 Å². The first-order valence-corrected chi connectivity index (χ1v) is 7.54. The molecule has 0 saturated carbocycles. The second-order valence-corrected chi connectivity index (χ2v) is 5.73. The zero-order chi connectivity index (χ0) is 16.4. The quantitative estimate of drug-likeness (QED) is 0.935. The largest absolute Gasteiger partial charge is 0.323 e. The molecule has 4 nitrogen and oxygen atoms in total. The van der Waals surface area contributed by atoms with Crippen molar-refractivity contribution in [3.05, 3.63) is 59.4 Å². The maximum Gasteiger partial charge on any atom is 0.229 e. The zero-order valence-electron chi connectivity index (χ0n) is 12.1. The Labute approximate surface area is 137 Å². The number of rotatable bonds is 3. The third-order valence-electron chi connectivity index (χ3n) is 3.77. The molecule has 0 radical (unpaired) electrons. The highest BCUT2D eigenvalue weighted by atomic mass is 35.5. The zero-order valence-corrected chi connectivity index (χ0v) is 12.9. The monoisotopic (exact) mass is 332 g/mol. The Hall–Kier alpha value is -2.40. The van der Waals surface area contributed by atoms with Gasteiger partial charge in [0.2, 0.25) is 11.8 Å². The minimum Gasteiger partial charge on any atom is -0.323 e. The summed E-state index contributed by atoms with van der Waals surface area (Å²) in [6, 6.07) is 12.9. The fourth-order valence-corrected chi connectivity index (χ4v) is 2.82. The first kappa shape index (κ1) is 15.5. The number of nitrogens with one attached hydrogen (secondary N) is 1. The summed E-state index contributed by atoms with van der Waals surface area (Å²) in [7, 11) is 0. The number of halogens is 2. The van der Waals surface area contributed by atoms with Gasteiger partial charge < -0.3 is 10.2 Å². The summed E-state index contributed by atoms with van der Waals surface area (Å²) in [4.78, 5) is 26.0. The lowest BCUT2D eigenvalue weighted by molar-refractivity contribution is -0.122. The Balaban J connectivity index is 1.74. The van der Waals surface area contributed by atoms with Gasteiger partial charge in [-0.1, -0.05) is 35.9 Å². The normalized spacial score (nSPS) is 17.4. The van der Waals surface area contributed by atoms with Gasteiger partial charge >= 0.3 is 0 Å². The fraction of sp³-hybridized carbons (Fsp3) is 0.176. The maximum atomic E-state index is 13.6. The van der Waals surface area contributed by atoms with E-state index in [1.54, 1.807) is 36.4 Å². The molecule has 0 aromatic heterocycles. The van der Waals surface area contributed by atoms with E-state index in [9.17, 15) is 14.0 Å². The lowest BCUT2D eigenvalue weighted by atomic mass is 10.1. The van der Waals surface area contributed by atoms with E-state index in [1.807, 2.05) is 0 Å². The van der Waals surface area contributed by atoms with Crippen molar-refractivity contribution in [2.24, 2.45) is 5.92 Å². The summed E-state index contributed by atoms with van der Waals surface area (Å²) in [5.74, 6) is -1.60. The van der Waals surface area contributed by atoms with Crippen molar-refractivity contribution in [3.63, 3.8) is 0 Å². The average molecular weight is 333 g/mol. The number of nitrogens with zero attached hydrogens (tertiary/aromatic N) is 1. The Bertz CT molecular complexity index is 766. The highest BCUT2D eigenvalue weighted by molar-refractivity contribution is 6.33. The molecule has 2 amide bonds. The first-order valence-electron chi connectivity index (χ1n) is 7.16. The van der Waals surface area contributed by atoms with Crippen LogP contribution in [0.5, 0.6) is 0 Å². The van der Waals surface area contributed by atoms with Crippen molar-refractivity contribution >= 4 is 34.8 Å². The number of para-hydroxylation sites is 2. The van der Waals surface area contributed by atoms with Crippen LogP contribution in [0.15, 0.2) is 48.5 Å². The van der Waals surface area contributed by atoms with Gasteiger partial charge in [-0.25, -0.2) is 4.39 Å². The van der Waals surface area contributed by atoms with Crippen LogP contribution in [0.3, 0.4) is 0 Å². The Morgan fingerprint density at radius 3 is 2.61 bits per heavy atom. The van der Waals surface area contributed by atoms with Gasteiger partial charge in [-0.15, -0.1) is 0 Å². The van der Waals surface area contributed by atoms with Crippen LogP contribution in [-0.4, -0.2) is 18.4 Å². The van der Waals surface area contributed by atoms with Crippen molar-refractivity contribution in [1.82, 2.24) is 0 Å². The van der Waals surface area contributed by atoms with Gasteiger partial charge in [0.25, 0.3) is 0 Å². The van der Waals surface area contributed by atoms with E-state index >= 15 is 0 Å². The van der Waals surface area contributed by atoms with Gasteiger partial charge in [-0.2, -0.15) is 0 Å². The van der Waals surface area contributed by atoms with Gasteiger partial charge in [0, 0.05) is 13.0 Å². The Morgan fingerprint density at radius 1 is 1.17 bits per heavy atom. The van der Waals surface area contributed by atoms with Gasteiger partial charge in [-0.3, -0.25) is 9.59 Å². The van der Waals surface area contributed by atoms with E-state index in [0.717, 1.165) is 0 Å². The van der Waals surface area contributed by atoms with Crippen molar-refractivity contribution in [2.45, 2.75) is 6.42 Å². The first-order chi connectivity index (χ1) is 11.1. The minimum atomic E-state index is -0.543. The fourth-order valence-electron chi connectivity index (χ4n) is 2.58. The molecule has 1 fully saturated rings. The lowest BCUT2D eigenvalue weighted by Crippen LogP contribution is -2.28. The third-order valence-corrected chi connectivity index (χ3v) is 4.09. The Morgan fingerprint density at radius 2 is 1.87 bits per heavy atom. The summed E-state index contributed by atoms with van der Waals surface area (Å²) in [5.41, 5.74) is 0.696. The molecule has 1 aliphatic heterocycles. The van der Waals surface area contributed by atoms with Crippen molar-refractivity contribution in [3.8, 4) is 0 Å². The standard InChI is InChI=1S/C17H14ClFN2O2/c18-12-5-1-4-8-15(12)21-10-11(9-16(21)22)17(23)20-14-7-3-2-6-13(14)19/h1-8,11H,9-10H2,(H,20,23). The number of anilines is 2. The highest BCUT2D eigenvalue weighted by Gasteiger charge is 2.36. The van der Waals surface area contributed by atoms with E-state index in [0.29, 0.717) is 10.7 Å². The second kappa shape index (κ2) is 6.38. The van der Waals surface area contributed by atoms with Crippen LogP contribution >= 0.6 is 11.6 Å². The molecular weight excluding hydrogens is 319 g/mol. The third kappa shape index (κ3) is 3.19. The molecule has 1 aliphatic rings. The SMILES string of the molecule is O=C(Nc1ccccc1F)C1CC(=O)N(c2ccccc2Cl)C1. The molecule has 0 bridgehead atoms. The van der Waals surface area contributed by atoms with Crippen LogP contribution in [0, 0.1) is 11.7 Å². The van der Waals surface area contributed by atoms with Crippen LogP contribution in [0.1, 0.15) is 6.42 Å². The van der Waals surface area contributed by atoms with Gasteiger partial charge in [0.1, 0.15) is 5.82 Å². The molecule has 2 aromatic rings. The lowest BCUT2D eigenvalue weighted by Gasteiger charge is -2.18. The molecule has 118 valence electrons. The van der Waals surface area contributed by atoms with E-state index in [4.69, 9.17) is 11.6 Å². The number of hydrogen-bond acceptors (Lipinski definition) is 2. The predicted octanol–water partition coefficient (Wildman–Crippen LogP) is 3.47. The van der Waals surface area contributed by atoms with Gasteiger partial charge in [-0.05, 0) is 24.3 Å². The van der Waals surface area contributed by atoms with Crippen LogP contribution in [0.4, 0.5) is 15.8 Å². The highest BCUT2D eigenvalue weighted by Crippen LogP contribution is 2.31. The van der Waals surface area contributed by atoms with Crippen LogP contribution in [-0.2, 0) is 9.59 Å². The molecule has 1 saturated heterocycles. The predicted molar refractivity (Wildman–Crippen MR) is 86.9 cm³/mol. The summed E-state index contributed by atoms with van der Waals surface area (Å²) in [6.07, 6.45) is 0.0749. The average Bonchev–Trinajstić information content (AvgIpc) is 2.92. The minimum absolute atomic E-state index is 0.0749.